The molecule has 4 rings (SSSR count). The summed E-state index contributed by atoms with van der Waals surface area (Å²) in [4.78, 5) is 0. The van der Waals surface area contributed by atoms with Gasteiger partial charge >= 0.3 is 0 Å². The molecule has 28 heavy (non-hydrogen) atoms. The molecular weight excluding hydrogens is 347 g/mol. The number of hydrogen-bond acceptors (Lipinski definition) is 1. The van der Waals surface area contributed by atoms with Crippen LogP contribution in [0, 0.1) is 31.0 Å². The molecule has 0 aliphatic carbocycles. The van der Waals surface area contributed by atoms with Gasteiger partial charge in [-0.3, -0.25) is 0 Å². The Morgan fingerprint density at radius 1 is 0.964 bits per heavy atom. The molecule has 0 saturated heterocycles. The highest BCUT2D eigenvalue weighted by atomic mass is 19.1. The first-order chi connectivity index (χ1) is 13.6. The van der Waals surface area contributed by atoms with Crippen LogP contribution in [0.3, 0.4) is 0 Å². The van der Waals surface area contributed by atoms with Crippen LogP contribution in [0.2, 0.25) is 0 Å². The van der Waals surface area contributed by atoms with E-state index < -0.39 is 5.82 Å². The van der Waals surface area contributed by atoms with E-state index in [9.17, 15) is 9.65 Å². The summed E-state index contributed by atoms with van der Waals surface area (Å²) in [5.74, 6) is -0.391. The van der Waals surface area contributed by atoms with Gasteiger partial charge in [-0.1, -0.05) is 54.6 Å². The number of benzene rings is 3. The number of aryl methyl sites for hydroxylation is 1. The average Bonchev–Trinajstić information content (AvgIpc) is 2.99. The Labute approximate surface area is 163 Å². The van der Waals surface area contributed by atoms with E-state index in [-0.39, 0.29) is 0 Å². The summed E-state index contributed by atoms with van der Waals surface area (Å²) in [5, 5.41) is 11.9. The number of nitriles is 1. The molecule has 0 fully saturated rings. The van der Waals surface area contributed by atoms with E-state index in [1.54, 1.807) is 24.3 Å². The quantitative estimate of drug-likeness (QED) is 0.383. The molecule has 0 aliphatic heterocycles. The summed E-state index contributed by atoms with van der Waals surface area (Å²) in [6.45, 7) is 4.07. The smallest absolute Gasteiger partial charge is 0.131 e. The summed E-state index contributed by atoms with van der Waals surface area (Å²) in [6.07, 6.45) is 1.77. The van der Waals surface area contributed by atoms with Crippen LogP contribution < -0.4 is 0 Å². The van der Waals surface area contributed by atoms with Crippen LogP contribution in [0.5, 0.6) is 0 Å². The van der Waals surface area contributed by atoms with Crippen molar-refractivity contribution in [2.24, 2.45) is 0 Å². The monoisotopic (exact) mass is 366 g/mol. The predicted molar refractivity (Wildman–Crippen MR) is 113 cm³/mol. The zero-order valence-electron chi connectivity index (χ0n) is 15.8. The molecule has 0 atom stereocenters. The molecule has 2 nitrogen and oxygen atoms in total. The lowest BCUT2D eigenvalue weighted by atomic mass is 10.0. The third kappa shape index (κ3) is 3.00. The van der Waals surface area contributed by atoms with Crippen LogP contribution >= 0.6 is 0 Å². The van der Waals surface area contributed by atoms with Gasteiger partial charge in [0.25, 0.3) is 0 Å². The number of aromatic nitrogens is 1. The fourth-order valence-electron chi connectivity index (χ4n) is 3.71. The van der Waals surface area contributed by atoms with Gasteiger partial charge in [0.15, 0.2) is 0 Å². The van der Waals surface area contributed by atoms with E-state index >= 15 is 0 Å². The van der Waals surface area contributed by atoms with E-state index in [2.05, 4.69) is 34.9 Å². The Bertz CT molecular complexity index is 1250. The fourth-order valence-corrected chi connectivity index (χ4v) is 3.71. The van der Waals surface area contributed by atoms with Crippen LogP contribution in [0.1, 0.15) is 22.5 Å². The third-order valence-electron chi connectivity index (χ3n) is 5.06. The standard InChI is InChI=1S/C25H19FN2/c1-17-14-20(15-21(16-27)22-10-5-6-12-24(22)26)18(2)28(17)25-13-7-9-19-8-3-4-11-23(19)25/h3-15H,1-2H3. The SMILES string of the molecule is Cc1cc(C=C(C#N)c2ccccc2F)c(C)n1-c1cccc2ccccc12. The number of allylic oxidation sites excluding steroid dienone is 1. The molecule has 4 aromatic rings. The minimum Gasteiger partial charge on any atom is -0.317 e. The predicted octanol–water partition coefficient (Wildman–Crippen LogP) is 6.45. The lowest BCUT2D eigenvalue weighted by Gasteiger charge is -2.13. The Hall–Kier alpha value is -3.64. The molecule has 0 spiro atoms. The molecule has 0 unspecified atom stereocenters. The highest BCUT2D eigenvalue weighted by Gasteiger charge is 2.14. The third-order valence-corrected chi connectivity index (χ3v) is 5.06. The van der Waals surface area contributed by atoms with Gasteiger partial charge in [0.05, 0.1) is 17.3 Å². The van der Waals surface area contributed by atoms with Crippen LogP contribution in [0.4, 0.5) is 4.39 Å². The van der Waals surface area contributed by atoms with Crippen LogP contribution in [-0.2, 0) is 0 Å². The maximum atomic E-state index is 14.2. The molecule has 3 heteroatoms. The summed E-state index contributed by atoms with van der Waals surface area (Å²) in [6, 6.07) is 25.1. The topological polar surface area (TPSA) is 28.7 Å². The van der Waals surface area contributed by atoms with Crippen molar-refractivity contribution in [2.45, 2.75) is 13.8 Å². The molecule has 0 saturated carbocycles. The number of fused-ring (bicyclic) bond motifs is 1. The first-order valence-corrected chi connectivity index (χ1v) is 9.14. The van der Waals surface area contributed by atoms with Crippen molar-refractivity contribution < 1.29 is 4.39 Å². The average molecular weight is 366 g/mol. The lowest BCUT2D eigenvalue weighted by molar-refractivity contribution is 0.624. The molecule has 1 aromatic heterocycles. The van der Waals surface area contributed by atoms with E-state index in [1.165, 1.54) is 11.5 Å². The summed E-state index contributed by atoms with van der Waals surface area (Å²) >= 11 is 0. The van der Waals surface area contributed by atoms with Crippen molar-refractivity contribution in [3.8, 4) is 11.8 Å². The van der Waals surface area contributed by atoms with E-state index in [4.69, 9.17) is 0 Å². The Balaban J connectivity index is 1.89. The molecule has 0 amide bonds. The van der Waals surface area contributed by atoms with Crippen molar-refractivity contribution >= 4 is 22.4 Å². The number of nitrogens with zero attached hydrogens (tertiary/aromatic N) is 2. The Morgan fingerprint density at radius 3 is 2.46 bits per heavy atom. The Kier molecular flexibility index (Phi) is 4.55. The van der Waals surface area contributed by atoms with Crippen LogP contribution in [0.25, 0.3) is 28.1 Å². The maximum Gasteiger partial charge on any atom is 0.131 e. The molecular formula is C25H19FN2. The van der Waals surface area contributed by atoms with Gasteiger partial charge in [0.2, 0.25) is 0 Å². The zero-order chi connectivity index (χ0) is 19.7. The molecule has 3 aromatic carbocycles. The van der Waals surface area contributed by atoms with Crippen molar-refractivity contribution in [1.29, 1.82) is 5.26 Å². The molecule has 0 radical (unpaired) electrons. The zero-order valence-corrected chi connectivity index (χ0v) is 15.8. The largest absolute Gasteiger partial charge is 0.317 e. The van der Waals surface area contributed by atoms with Gasteiger partial charge in [-0.25, -0.2) is 4.39 Å². The van der Waals surface area contributed by atoms with Crippen molar-refractivity contribution in [3.05, 3.63) is 101 Å². The summed E-state index contributed by atoms with van der Waals surface area (Å²) < 4.78 is 16.3. The summed E-state index contributed by atoms with van der Waals surface area (Å²) in [7, 11) is 0. The second-order valence-corrected chi connectivity index (χ2v) is 6.81. The highest BCUT2D eigenvalue weighted by molar-refractivity contribution is 5.92. The fraction of sp³-hybridized carbons (Fsp3) is 0.0800. The minimum atomic E-state index is -0.391. The Morgan fingerprint density at radius 2 is 1.68 bits per heavy atom. The summed E-state index contributed by atoms with van der Waals surface area (Å²) in [5.41, 5.74) is 4.71. The van der Waals surface area contributed by atoms with Crippen molar-refractivity contribution in [2.75, 3.05) is 0 Å². The first-order valence-electron chi connectivity index (χ1n) is 9.14. The van der Waals surface area contributed by atoms with E-state index in [1.807, 2.05) is 38.1 Å². The van der Waals surface area contributed by atoms with Gasteiger partial charge in [-0.05, 0) is 49.1 Å². The van der Waals surface area contributed by atoms with Gasteiger partial charge < -0.3 is 4.57 Å². The number of rotatable bonds is 3. The number of hydrogen-bond donors (Lipinski definition) is 0. The highest BCUT2D eigenvalue weighted by Crippen LogP contribution is 2.29. The molecule has 0 bridgehead atoms. The van der Waals surface area contributed by atoms with Gasteiger partial charge in [0, 0.05) is 22.3 Å². The minimum absolute atomic E-state index is 0.316. The second kappa shape index (κ2) is 7.17. The van der Waals surface area contributed by atoms with Gasteiger partial charge in [-0.15, -0.1) is 0 Å². The molecule has 136 valence electrons. The van der Waals surface area contributed by atoms with E-state index in [0.29, 0.717) is 11.1 Å². The first kappa shape index (κ1) is 17.8. The maximum absolute atomic E-state index is 14.2. The van der Waals surface area contributed by atoms with Gasteiger partial charge in [-0.2, -0.15) is 5.26 Å². The van der Waals surface area contributed by atoms with Crippen molar-refractivity contribution in [1.82, 2.24) is 4.57 Å². The number of halogens is 1. The molecule has 1 heterocycles. The molecule has 0 aliphatic rings. The normalized spacial score (nSPS) is 11.6. The van der Waals surface area contributed by atoms with Gasteiger partial charge in [0.1, 0.15) is 5.82 Å². The van der Waals surface area contributed by atoms with Crippen LogP contribution in [-0.4, -0.2) is 4.57 Å². The second-order valence-electron chi connectivity index (χ2n) is 6.81. The van der Waals surface area contributed by atoms with E-state index in [0.717, 1.165) is 28.0 Å². The van der Waals surface area contributed by atoms with Crippen molar-refractivity contribution in [3.63, 3.8) is 0 Å². The lowest BCUT2D eigenvalue weighted by Crippen LogP contribution is -2.00. The molecule has 0 N–H and O–H groups in total. The van der Waals surface area contributed by atoms with Crippen LogP contribution in [0.15, 0.2) is 72.8 Å².